The SMILES string of the molecule is CCCc1cc(N(C)C)c(C)cc1O[Si](C)(C)C(C)(C)C.[C-]#[O+].[C-]#[O+].[C-]#[O+].[Cr]. The van der Waals surface area contributed by atoms with Crippen LogP contribution >= 0.6 is 0 Å². The van der Waals surface area contributed by atoms with Gasteiger partial charge in [0.2, 0.25) is 8.32 Å². The molecule has 0 unspecified atom stereocenters. The van der Waals surface area contributed by atoms with Gasteiger partial charge >= 0.3 is 33.9 Å². The maximum Gasteiger partial charge on any atom is 0 e. The maximum atomic E-state index is 7.50. The maximum absolute atomic E-state index is 7.50. The van der Waals surface area contributed by atoms with Crippen molar-refractivity contribution in [3.8, 4) is 5.75 Å². The van der Waals surface area contributed by atoms with E-state index in [2.05, 4.69) is 98.8 Å². The van der Waals surface area contributed by atoms with Gasteiger partial charge in [0.25, 0.3) is 0 Å². The van der Waals surface area contributed by atoms with Crippen molar-refractivity contribution in [1.29, 1.82) is 0 Å². The van der Waals surface area contributed by atoms with Gasteiger partial charge in [-0.25, -0.2) is 0 Å². The molecule has 7 heteroatoms. The number of hydrogen-bond donors (Lipinski definition) is 0. The summed E-state index contributed by atoms with van der Waals surface area (Å²) in [6.45, 7) is 29.4. The average Bonchev–Trinajstić information content (AvgIpc) is 2.61. The smallest absolute Gasteiger partial charge is 0 e. The second-order valence-electron chi connectivity index (χ2n) is 7.75. The summed E-state index contributed by atoms with van der Waals surface area (Å²) in [6, 6.07) is 4.54. The Morgan fingerprint density at radius 2 is 1.43 bits per heavy atom. The molecule has 0 aromatic heterocycles. The van der Waals surface area contributed by atoms with Gasteiger partial charge in [0.1, 0.15) is 5.75 Å². The van der Waals surface area contributed by atoms with Crippen molar-refractivity contribution in [2.75, 3.05) is 19.0 Å². The van der Waals surface area contributed by atoms with Crippen molar-refractivity contribution in [2.45, 2.75) is 65.6 Å². The van der Waals surface area contributed by atoms with E-state index in [1.54, 1.807) is 0 Å². The quantitative estimate of drug-likeness (QED) is 0.353. The molecule has 1 aromatic rings. The Morgan fingerprint density at radius 3 is 1.75 bits per heavy atom. The van der Waals surface area contributed by atoms with E-state index in [-0.39, 0.29) is 22.4 Å². The van der Waals surface area contributed by atoms with Crippen LogP contribution in [0.25, 0.3) is 0 Å². The van der Waals surface area contributed by atoms with E-state index in [9.17, 15) is 0 Å². The van der Waals surface area contributed by atoms with Crippen molar-refractivity contribution in [2.24, 2.45) is 0 Å². The minimum atomic E-state index is -1.79. The van der Waals surface area contributed by atoms with E-state index >= 15 is 0 Å². The minimum absolute atomic E-state index is 0. The summed E-state index contributed by atoms with van der Waals surface area (Å²) >= 11 is 0. The van der Waals surface area contributed by atoms with Crippen LogP contribution in [0.5, 0.6) is 5.75 Å². The fourth-order valence-corrected chi connectivity index (χ4v) is 3.23. The van der Waals surface area contributed by atoms with Gasteiger partial charge in [0, 0.05) is 37.1 Å². The van der Waals surface area contributed by atoms with Crippen LogP contribution in [-0.2, 0) is 37.7 Å². The molecule has 28 heavy (non-hydrogen) atoms. The summed E-state index contributed by atoms with van der Waals surface area (Å²) in [4.78, 5) is 2.19. The van der Waals surface area contributed by atoms with E-state index in [0.29, 0.717) is 0 Å². The predicted octanol–water partition coefficient (Wildman–Crippen LogP) is 5.28. The van der Waals surface area contributed by atoms with Crippen LogP contribution in [0.2, 0.25) is 18.1 Å². The van der Waals surface area contributed by atoms with Crippen molar-refractivity contribution in [3.05, 3.63) is 43.2 Å². The molecule has 1 aromatic carbocycles. The van der Waals surface area contributed by atoms with Gasteiger partial charge in [-0.05, 0) is 54.7 Å². The summed E-state index contributed by atoms with van der Waals surface area (Å²) in [5.41, 5.74) is 3.92. The molecule has 0 aliphatic carbocycles. The first-order valence-electron chi connectivity index (χ1n) is 8.60. The number of hydrogen-bond acceptors (Lipinski definition) is 2. The van der Waals surface area contributed by atoms with Gasteiger partial charge < -0.3 is 9.33 Å². The Balaban J connectivity index is -0.000000374. The first kappa shape index (κ1) is 34.3. The molecule has 0 spiro atoms. The molecule has 0 N–H and O–H groups in total. The van der Waals surface area contributed by atoms with Gasteiger partial charge in [-0.1, -0.05) is 34.1 Å². The van der Waals surface area contributed by atoms with E-state index < -0.39 is 8.32 Å². The van der Waals surface area contributed by atoms with Crippen LogP contribution in [0.3, 0.4) is 0 Å². The first-order chi connectivity index (χ1) is 12.5. The molecule has 0 saturated carbocycles. The third kappa shape index (κ3) is 11.0. The summed E-state index contributed by atoms with van der Waals surface area (Å²) in [5.74, 6) is 1.10. The number of nitrogens with zero attached hydrogens (tertiary/aromatic N) is 1. The number of rotatable bonds is 5. The van der Waals surface area contributed by atoms with E-state index in [1.807, 2.05) is 0 Å². The summed E-state index contributed by atoms with van der Waals surface area (Å²) in [7, 11) is 2.42. The van der Waals surface area contributed by atoms with E-state index in [4.69, 9.17) is 18.4 Å². The van der Waals surface area contributed by atoms with Crippen LogP contribution in [0.1, 0.15) is 45.2 Å². The van der Waals surface area contributed by atoms with Crippen LogP contribution in [-0.4, -0.2) is 22.4 Å². The summed E-state index contributed by atoms with van der Waals surface area (Å²) in [5, 5.41) is 0.227. The molecular formula is C21H33CrNO4Si. The second-order valence-corrected chi connectivity index (χ2v) is 12.5. The van der Waals surface area contributed by atoms with Gasteiger partial charge in [-0.15, -0.1) is 0 Å². The van der Waals surface area contributed by atoms with Crippen molar-refractivity contribution >= 4 is 14.0 Å². The third-order valence-electron chi connectivity index (χ3n) is 4.55. The van der Waals surface area contributed by atoms with E-state index in [0.717, 1.165) is 18.6 Å². The molecule has 0 radical (unpaired) electrons. The normalized spacial score (nSPS) is 9.54. The van der Waals surface area contributed by atoms with Crippen molar-refractivity contribution < 1.29 is 35.7 Å². The predicted molar refractivity (Wildman–Crippen MR) is 109 cm³/mol. The zero-order valence-electron chi connectivity index (χ0n) is 18.6. The van der Waals surface area contributed by atoms with Crippen molar-refractivity contribution in [3.63, 3.8) is 0 Å². The fraction of sp³-hybridized carbons (Fsp3) is 0.571. The second kappa shape index (κ2) is 16.7. The van der Waals surface area contributed by atoms with Crippen molar-refractivity contribution in [1.82, 2.24) is 0 Å². The first-order valence-corrected chi connectivity index (χ1v) is 11.5. The van der Waals surface area contributed by atoms with E-state index in [1.165, 1.54) is 16.8 Å². The molecule has 0 heterocycles. The Morgan fingerprint density at radius 1 is 1.00 bits per heavy atom. The molecule has 1 rings (SSSR count). The molecule has 0 amide bonds. The summed E-state index contributed by atoms with van der Waals surface area (Å²) < 4.78 is 29.1. The van der Waals surface area contributed by atoms with Crippen LogP contribution in [0.4, 0.5) is 5.69 Å². The molecule has 0 saturated heterocycles. The molecule has 5 nitrogen and oxygen atoms in total. The zero-order chi connectivity index (χ0) is 22.4. The van der Waals surface area contributed by atoms with Crippen LogP contribution in [0.15, 0.2) is 12.1 Å². The molecule has 0 aliphatic rings. The Kier molecular flexibility index (Phi) is 20.5. The van der Waals surface area contributed by atoms with Gasteiger partial charge in [-0.3, -0.25) is 0 Å². The van der Waals surface area contributed by atoms with Gasteiger partial charge in [0.15, 0.2) is 0 Å². The molecule has 0 fully saturated rings. The third-order valence-corrected chi connectivity index (χ3v) is 8.89. The Labute approximate surface area is 183 Å². The fourth-order valence-electron chi connectivity index (χ4n) is 2.18. The number of benzene rings is 1. The molecule has 156 valence electrons. The molecule has 0 atom stereocenters. The molecule has 0 bridgehead atoms. The standard InChI is InChI=1S/C18H33NOSi.3CO.Cr/c1-10-11-15-13-16(19(6)7)14(2)12-17(15)20-21(8,9)18(3,4)5;3*1-2;/h12-13H,10-11H2,1-9H3;;;;. The monoisotopic (exact) mass is 443 g/mol. The summed E-state index contributed by atoms with van der Waals surface area (Å²) in [6.07, 6.45) is 2.22. The average molecular weight is 444 g/mol. The topological polar surface area (TPSA) is 72.2 Å². The van der Waals surface area contributed by atoms with Gasteiger partial charge in [0.05, 0.1) is 0 Å². The zero-order valence-corrected chi connectivity index (χ0v) is 20.8. The number of aryl methyl sites for hydroxylation is 2. The van der Waals surface area contributed by atoms with Gasteiger partial charge in [-0.2, -0.15) is 0 Å². The van der Waals surface area contributed by atoms with Crippen LogP contribution < -0.4 is 9.33 Å². The minimum Gasteiger partial charge on any atom is 0 e. The Bertz CT molecular complexity index is 603. The molecular weight excluding hydrogens is 410 g/mol. The largest absolute Gasteiger partial charge is 0 e. The Hall–Kier alpha value is -1.21. The van der Waals surface area contributed by atoms with Crippen LogP contribution in [0, 0.1) is 26.9 Å². The molecule has 0 aliphatic heterocycles. The number of anilines is 1.